The van der Waals surface area contributed by atoms with E-state index in [2.05, 4.69) is 0 Å². The monoisotopic (exact) mass is 148 g/mol. The van der Waals surface area contributed by atoms with Crippen LogP contribution in [0.4, 0.5) is 0 Å². The van der Waals surface area contributed by atoms with Crippen LogP contribution in [0.2, 0.25) is 0 Å². The lowest BCUT2D eigenvalue weighted by Gasteiger charge is -2.14. The van der Waals surface area contributed by atoms with Gasteiger partial charge in [0.2, 0.25) is 0 Å². The molecule has 0 aliphatic heterocycles. The van der Waals surface area contributed by atoms with E-state index in [0.717, 1.165) is 12.8 Å². The smallest absolute Gasteiger partial charge is 0.103 e. The summed E-state index contributed by atoms with van der Waals surface area (Å²) in [6, 6.07) is 0. The van der Waals surface area contributed by atoms with Crippen LogP contribution in [0.15, 0.2) is 0 Å². The Morgan fingerprint density at radius 2 is 1.80 bits per heavy atom. The van der Waals surface area contributed by atoms with Crippen LogP contribution in [0.1, 0.15) is 26.2 Å². The maximum atomic E-state index is 9.04. The fraction of sp³-hybridized carbons (Fsp3) is 1.00. The van der Waals surface area contributed by atoms with Crippen molar-refractivity contribution in [2.75, 3.05) is 6.61 Å². The zero-order chi connectivity index (χ0) is 7.98. The molecular formula is C7H16O3. The Kier molecular flexibility index (Phi) is 5.58. The minimum atomic E-state index is -0.966. The first-order valence-corrected chi connectivity index (χ1v) is 3.69. The molecule has 62 valence electrons. The summed E-state index contributed by atoms with van der Waals surface area (Å²) in [7, 11) is 0. The second kappa shape index (κ2) is 5.65. The number of hydrogen-bond acceptors (Lipinski definition) is 3. The van der Waals surface area contributed by atoms with E-state index in [0.29, 0.717) is 6.42 Å². The molecule has 0 amide bonds. The van der Waals surface area contributed by atoms with Crippen LogP contribution in [0.25, 0.3) is 0 Å². The van der Waals surface area contributed by atoms with Crippen molar-refractivity contribution in [2.24, 2.45) is 0 Å². The summed E-state index contributed by atoms with van der Waals surface area (Å²) < 4.78 is 0. The molecule has 0 aromatic carbocycles. The highest BCUT2D eigenvalue weighted by Gasteiger charge is 2.13. The van der Waals surface area contributed by atoms with Crippen molar-refractivity contribution < 1.29 is 15.3 Å². The highest BCUT2D eigenvalue weighted by atomic mass is 16.4. The van der Waals surface area contributed by atoms with Crippen LogP contribution in [0.3, 0.4) is 0 Å². The second-order valence-electron chi connectivity index (χ2n) is 2.46. The molecule has 0 aromatic rings. The van der Waals surface area contributed by atoms with Gasteiger partial charge in [-0.1, -0.05) is 19.8 Å². The maximum absolute atomic E-state index is 9.04. The first kappa shape index (κ1) is 9.88. The zero-order valence-electron chi connectivity index (χ0n) is 6.32. The van der Waals surface area contributed by atoms with Gasteiger partial charge in [-0.05, 0) is 6.42 Å². The van der Waals surface area contributed by atoms with E-state index in [9.17, 15) is 0 Å². The largest absolute Gasteiger partial charge is 0.394 e. The Morgan fingerprint density at radius 3 is 2.20 bits per heavy atom. The molecule has 0 rings (SSSR count). The predicted molar refractivity (Wildman–Crippen MR) is 38.6 cm³/mol. The van der Waals surface area contributed by atoms with Gasteiger partial charge in [0, 0.05) is 0 Å². The summed E-state index contributed by atoms with van der Waals surface area (Å²) in [4.78, 5) is 0. The zero-order valence-corrected chi connectivity index (χ0v) is 6.32. The van der Waals surface area contributed by atoms with Crippen molar-refractivity contribution in [3.05, 3.63) is 0 Å². The van der Waals surface area contributed by atoms with Gasteiger partial charge in [-0.15, -0.1) is 0 Å². The summed E-state index contributed by atoms with van der Waals surface area (Å²) >= 11 is 0. The lowest BCUT2D eigenvalue weighted by molar-refractivity contribution is -0.0183. The van der Waals surface area contributed by atoms with Crippen molar-refractivity contribution in [3.63, 3.8) is 0 Å². The number of hydrogen-bond donors (Lipinski definition) is 3. The molecule has 10 heavy (non-hydrogen) atoms. The molecule has 3 N–H and O–H groups in total. The summed E-state index contributed by atoms with van der Waals surface area (Å²) in [6.45, 7) is 1.66. The van der Waals surface area contributed by atoms with Crippen LogP contribution in [0, 0.1) is 0 Å². The molecule has 3 heteroatoms. The topological polar surface area (TPSA) is 60.7 Å². The molecule has 0 heterocycles. The molecular weight excluding hydrogens is 132 g/mol. The molecule has 0 spiro atoms. The van der Waals surface area contributed by atoms with Gasteiger partial charge in [-0.25, -0.2) is 0 Å². The molecule has 0 saturated carbocycles. The van der Waals surface area contributed by atoms with Crippen molar-refractivity contribution in [2.45, 2.75) is 38.4 Å². The van der Waals surface area contributed by atoms with Crippen LogP contribution in [-0.4, -0.2) is 34.1 Å². The Labute approximate surface area is 61.3 Å². The van der Waals surface area contributed by atoms with E-state index < -0.39 is 12.2 Å². The third kappa shape index (κ3) is 3.82. The Morgan fingerprint density at radius 1 is 1.20 bits per heavy atom. The highest BCUT2D eigenvalue weighted by Crippen LogP contribution is 2.03. The van der Waals surface area contributed by atoms with Crippen LogP contribution in [0.5, 0.6) is 0 Å². The Balaban J connectivity index is 3.31. The number of aliphatic hydroxyl groups is 3. The van der Waals surface area contributed by atoms with Crippen molar-refractivity contribution >= 4 is 0 Å². The molecule has 0 unspecified atom stereocenters. The molecule has 3 nitrogen and oxygen atoms in total. The molecule has 0 fully saturated rings. The quantitative estimate of drug-likeness (QED) is 0.510. The maximum Gasteiger partial charge on any atom is 0.103 e. The third-order valence-electron chi connectivity index (χ3n) is 1.48. The average molecular weight is 148 g/mol. The number of unbranched alkanes of at least 4 members (excludes halogenated alkanes) is 1. The predicted octanol–water partition coefficient (Wildman–Crippen LogP) is -0.109. The summed E-state index contributed by atoms with van der Waals surface area (Å²) in [5.74, 6) is 0. The lowest BCUT2D eigenvalue weighted by Crippen LogP contribution is -2.28. The SMILES string of the molecule is CCCC[C@H](O)[C@@H](O)CO. The van der Waals surface area contributed by atoms with E-state index in [1.807, 2.05) is 6.92 Å². The Bertz CT molecular complexity index is 75.3. The number of aliphatic hydroxyl groups excluding tert-OH is 3. The van der Waals surface area contributed by atoms with Crippen LogP contribution >= 0.6 is 0 Å². The van der Waals surface area contributed by atoms with E-state index in [1.165, 1.54) is 0 Å². The van der Waals surface area contributed by atoms with Gasteiger partial charge in [0.05, 0.1) is 12.7 Å². The van der Waals surface area contributed by atoms with Gasteiger partial charge >= 0.3 is 0 Å². The summed E-state index contributed by atoms with van der Waals surface area (Å²) in [5, 5.41) is 26.3. The van der Waals surface area contributed by atoms with E-state index in [1.54, 1.807) is 0 Å². The standard InChI is InChI=1S/C7H16O3/c1-2-3-4-6(9)7(10)5-8/h6-10H,2-5H2,1H3/t6-,7-/m0/s1. The van der Waals surface area contributed by atoms with Gasteiger partial charge in [-0.2, -0.15) is 0 Å². The van der Waals surface area contributed by atoms with E-state index in [4.69, 9.17) is 15.3 Å². The van der Waals surface area contributed by atoms with Crippen molar-refractivity contribution in [1.82, 2.24) is 0 Å². The molecule has 0 aromatic heterocycles. The van der Waals surface area contributed by atoms with Gasteiger partial charge in [0.1, 0.15) is 6.10 Å². The summed E-state index contributed by atoms with van der Waals surface area (Å²) in [5.41, 5.74) is 0. The van der Waals surface area contributed by atoms with Gasteiger partial charge in [-0.3, -0.25) is 0 Å². The lowest BCUT2D eigenvalue weighted by atomic mass is 10.1. The fourth-order valence-electron chi connectivity index (χ4n) is 0.727. The molecule has 0 radical (unpaired) electrons. The van der Waals surface area contributed by atoms with E-state index in [-0.39, 0.29) is 6.61 Å². The fourth-order valence-corrected chi connectivity index (χ4v) is 0.727. The van der Waals surface area contributed by atoms with Crippen LogP contribution < -0.4 is 0 Å². The minimum Gasteiger partial charge on any atom is -0.394 e. The molecule has 0 bridgehead atoms. The average Bonchev–Trinajstić information content (AvgIpc) is 1.98. The molecule has 0 aliphatic rings. The second-order valence-corrected chi connectivity index (χ2v) is 2.46. The normalized spacial score (nSPS) is 16.8. The van der Waals surface area contributed by atoms with Gasteiger partial charge in [0.15, 0.2) is 0 Å². The summed E-state index contributed by atoms with van der Waals surface area (Å²) in [6.07, 6.45) is 0.725. The van der Waals surface area contributed by atoms with E-state index >= 15 is 0 Å². The first-order valence-electron chi connectivity index (χ1n) is 3.69. The van der Waals surface area contributed by atoms with Crippen molar-refractivity contribution in [1.29, 1.82) is 0 Å². The number of rotatable bonds is 5. The highest BCUT2D eigenvalue weighted by molar-refractivity contribution is 4.64. The van der Waals surface area contributed by atoms with Crippen LogP contribution in [-0.2, 0) is 0 Å². The minimum absolute atomic E-state index is 0.356. The Hall–Kier alpha value is -0.120. The molecule has 2 atom stereocenters. The molecule has 0 saturated heterocycles. The van der Waals surface area contributed by atoms with Gasteiger partial charge < -0.3 is 15.3 Å². The molecule has 0 aliphatic carbocycles. The third-order valence-corrected chi connectivity index (χ3v) is 1.48. The van der Waals surface area contributed by atoms with Gasteiger partial charge in [0.25, 0.3) is 0 Å². The first-order chi connectivity index (χ1) is 4.72. The van der Waals surface area contributed by atoms with Crippen molar-refractivity contribution in [3.8, 4) is 0 Å².